The quantitative estimate of drug-likeness (QED) is 0.284. The van der Waals surface area contributed by atoms with Gasteiger partial charge in [0.2, 0.25) is 0 Å². The number of hydrogen-bond donors (Lipinski definition) is 3. The monoisotopic (exact) mass is 541 g/mol. The highest BCUT2D eigenvalue weighted by Gasteiger charge is 2.42. The number of likely N-dealkylation sites (N-methyl/N-ethyl adjacent to an activating group) is 1. The number of nitrogens with zero attached hydrogens (tertiary/aromatic N) is 1. The Labute approximate surface area is 227 Å². The summed E-state index contributed by atoms with van der Waals surface area (Å²) in [6.07, 6.45) is 11.3. The van der Waals surface area contributed by atoms with E-state index in [4.69, 9.17) is 27.9 Å². The molecule has 2 amide bonds. The molecule has 0 bridgehead atoms. The van der Waals surface area contributed by atoms with E-state index >= 15 is 0 Å². The number of methoxy groups -OCH3 is 1. The van der Waals surface area contributed by atoms with Gasteiger partial charge in [-0.3, -0.25) is 0 Å². The van der Waals surface area contributed by atoms with Crippen LogP contribution in [0.25, 0.3) is 0 Å². The molecule has 1 aromatic carbocycles. The van der Waals surface area contributed by atoms with Crippen LogP contribution in [0.2, 0.25) is 10.0 Å². The summed E-state index contributed by atoms with van der Waals surface area (Å²) in [4.78, 5) is 15.3. The van der Waals surface area contributed by atoms with E-state index < -0.39 is 5.60 Å². The molecule has 1 saturated carbocycles. The van der Waals surface area contributed by atoms with Crippen molar-refractivity contribution >= 4 is 29.2 Å². The fraction of sp³-hybridized carbons (Fsp3) is 0.750. The smallest absolute Gasteiger partial charge is 0.317 e. The molecule has 2 fully saturated rings. The standard InChI is InChI=1S/C28H45Cl2N3O3/c1-31-19-23(18-21-10-4-3-5-11-21)32-27(34)33-16-9-12-22(20-33)28(35,15-6-7-17-36-2)24-13-8-14-25(29)26(24)30/h8,13-14,21-23,31,35H,3-7,9-12,15-20H2,1-2H3,(H,32,34)/t22-,23?,28+/m1/s1. The zero-order chi connectivity index (χ0) is 26.0. The topological polar surface area (TPSA) is 73.8 Å². The third-order valence-electron chi connectivity index (χ3n) is 8.08. The Morgan fingerprint density at radius 3 is 2.69 bits per heavy atom. The van der Waals surface area contributed by atoms with E-state index in [9.17, 15) is 9.90 Å². The predicted octanol–water partition coefficient (Wildman–Crippen LogP) is 5.98. The van der Waals surface area contributed by atoms with Crippen LogP contribution in [0, 0.1) is 11.8 Å². The largest absolute Gasteiger partial charge is 0.385 e. The van der Waals surface area contributed by atoms with Crippen LogP contribution in [0.4, 0.5) is 4.79 Å². The van der Waals surface area contributed by atoms with E-state index in [1.165, 1.54) is 32.1 Å². The molecule has 6 nitrogen and oxygen atoms in total. The number of unbranched alkanes of at least 4 members (excludes halogenated alkanes) is 1. The lowest BCUT2D eigenvalue weighted by Gasteiger charge is -2.43. The van der Waals surface area contributed by atoms with Gasteiger partial charge < -0.3 is 25.4 Å². The van der Waals surface area contributed by atoms with Gasteiger partial charge in [-0.15, -0.1) is 0 Å². The molecule has 1 aliphatic carbocycles. The molecular weight excluding hydrogens is 497 g/mol. The van der Waals surface area contributed by atoms with Crippen molar-refractivity contribution < 1.29 is 14.6 Å². The highest BCUT2D eigenvalue weighted by molar-refractivity contribution is 6.42. The van der Waals surface area contributed by atoms with E-state index in [2.05, 4.69) is 10.6 Å². The molecule has 36 heavy (non-hydrogen) atoms. The number of nitrogens with one attached hydrogen (secondary N) is 2. The summed E-state index contributed by atoms with van der Waals surface area (Å²) < 4.78 is 5.22. The number of urea groups is 1. The number of likely N-dealkylation sites (tertiary alicyclic amines) is 1. The molecular formula is C28H45Cl2N3O3. The molecule has 0 aromatic heterocycles. The van der Waals surface area contributed by atoms with Crippen molar-refractivity contribution in [3.05, 3.63) is 33.8 Å². The highest BCUT2D eigenvalue weighted by Crippen LogP contribution is 2.44. The van der Waals surface area contributed by atoms with E-state index in [-0.39, 0.29) is 18.0 Å². The molecule has 3 N–H and O–H groups in total. The molecule has 0 spiro atoms. The molecule has 1 aliphatic heterocycles. The number of benzene rings is 1. The van der Waals surface area contributed by atoms with Crippen LogP contribution in [-0.2, 0) is 10.3 Å². The van der Waals surface area contributed by atoms with Crippen LogP contribution in [-0.4, -0.2) is 62.5 Å². The Bertz CT molecular complexity index is 821. The minimum Gasteiger partial charge on any atom is -0.385 e. The second kappa shape index (κ2) is 14.8. The van der Waals surface area contributed by atoms with Gasteiger partial charge in [0.05, 0.1) is 15.6 Å². The Morgan fingerprint density at radius 1 is 1.19 bits per heavy atom. The normalized spacial score (nSPS) is 21.7. The van der Waals surface area contributed by atoms with Crippen molar-refractivity contribution in [3.8, 4) is 0 Å². The highest BCUT2D eigenvalue weighted by atomic mass is 35.5. The van der Waals surface area contributed by atoms with E-state index in [1.54, 1.807) is 13.2 Å². The molecule has 1 heterocycles. The fourth-order valence-corrected chi connectivity index (χ4v) is 6.58. The van der Waals surface area contributed by atoms with Crippen molar-refractivity contribution in [2.75, 3.05) is 40.4 Å². The number of piperidine rings is 1. The summed E-state index contributed by atoms with van der Waals surface area (Å²) >= 11 is 13.0. The summed E-state index contributed by atoms with van der Waals surface area (Å²) in [5.74, 6) is 0.560. The number of halogens is 2. The number of carbonyl (C=O) groups excluding carboxylic acids is 1. The summed E-state index contributed by atoms with van der Waals surface area (Å²) in [6.45, 7) is 2.60. The van der Waals surface area contributed by atoms with Crippen molar-refractivity contribution in [2.45, 2.75) is 82.3 Å². The first-order valence-corrected chi connectivity index (χ1v) is 14.5. The van der Waals surface area contributed by atoms with Crippen molar-refractivity contribution in [1.29, 1.82) is 0 Å². The summed E-state index contributed by atoms with van der Waals surface area (Å²) in [5, 5.41) is 19.5. The fourth-order valence-electron chi connectivity index (χ4n) is 6.12. The van der Waals surface area contributed by atoms with Crippen LogP contribution in [0.3, 0.4) is 0 Å². The summed E-state index contributed by atoms with van der Waals surface area (Å²) in [5.41, 5.74) is -0.507. The average Bonchev–Trinajstić information content (AvgIpc) is 2.89. The lowest BCUT2D eigenvalue weighted by molar-refractivity contribution is -0.0563. The zero-order valence-corrected chi connectivity index (χ0v) is 23.5. The van der Waals surface area contributed by atoms with Gasteiger partial charge in [-0.25, -0.2) is 4.79 Å². The predicted molar refractivity (Wildman–Crippen MR) is 148 cm³/mol. The third-order valence-corrected chi connectivity index (χ3v) is 8.90. The van der Waals surface area contributed by atoms with Gasteiger partial charge in [0.1, 0.15) is 0 Å². The maximum atomic E-state index is 13.4. The number of aliphatic hydroxyl groups is 1. The van der Waals surface area contributed by atoms with E-state index in [1.807, 2.05) is 24.1 Å². The number of carbonyl (C=O) groups is 1. The van der Waals surface area contributed by atoms with Crippen LogP contribution in [0.1, 0.15) is 76.2 Å². The first-order chi connectivity index (χ1) is 17.4. The molecule has 1 aromatic rings. The van der Waals surface area contributed by atoms with Crippen LogP contribution in [0.5, 0.6) is 0 Å². The molecule has 2 aliphatic rings. The Morgan fingerprint density at radius 2 is 1.97 bits per heavy atom. The zero-order valence-electron chi connectivity index (χ0n) is 22.0. The van der Waals surface area contributed by atoms with Gasteiger partial charge in [-0.2, -0.15) is 0 Å². The van der Waals surface area contributed by atoms with Gasteiger partial charge in [0.15, 0.2) is 0 Å². The van der Waals surface area contributed by atoms with Crippen molar-refractivity contribution in [2.24, 2.45) is 11.8 Å². The Kier molecular flexibility index (Phi) is 12.1. The third kappa shape index (κ3) is 7.97. The number of amides is 2. The van der Waals surface area contributed by atoms with Crippen molar-refractivity contribution in [1.82, 2.24) is 15.5 Å². The second-order valence-electron chi connectivity index (χ2n) is 10.7. The van der Waals surface area contributed by atoms with Crippen LogP contribution < -0.4 is 10.6 Å². The van der Waals surface area contributed by atoms with E-state index in [0.29, 0.717) is 47.6 Å². The lowest BCUT2D eigenvalue weighted by Crippen LogP contribution is -2.54. The molecule has 1 unspecified atom stereocenters. The Balaban J connectivity index is 1.72. The minimum absolute atomic E-state index is 0.0327. The minimum atomic E-state index is -1.17. The van der Waals surface area contributed by atoms with Gasteiger partial charge >= 0.3 is 6.03 Å². The summed E-state index contributed by atoms with van der Waals surface area (Å²) in [7, 11) is 3.63. The first-order valence-electron chi connectivity index (χ1n) is 13.7. The number of rotatable bonds is 12. The maximum Gasteiger partial charge on any atom is 0.317 e. The first kappa shape index (κ1) is 29.5. The number of hydrogen-bond acceptors (Lipinski definition) is 4. The maximum absolute atomic E-state index is 13.4. The molecule has 0 radical (unpaired) electrons. The molecule has 3 rings (SSSR count). The summed E-state index contributed by atoms with van der Waals surface area (Å²) in [6, 6.07) is 5.53. The van der Waals surface area contributed by atoms with Gasteiger partial charge in [0, 0.05) is 50.9 Å². The lowest BCUT2D eigenvalue weighted by atomic mass is 9.74. The van der Waals surface area contributed by atoms with Crippen LogP contribution in [0.15, 0.2) is 18.2 Å². The van der Waals surface area contributed by atoms with Gasteiger partial charge in [-0.1, -0.05) is 67.4 Å². The van der Waals surface area contributed by atoms with Gasteiger partial charge in [0.25, 0.3) is 0 Å². The SMILES string of the molecule is CNCC(CC1CCCCC1)NC(=O)N1CCC[C@@H]([C@@](O)(CCCCOC)c2cccc(Cl)c2Cl)C1. The van der Waals surface area contributed by atoms with Crippen molar-refractivity contribution in [3.63, 3.8) is 0 Å². The van der Waals surface area contributed by atoms with E-state index in [0.717, 1.165) is 38.6 Å². The molecule has 1 saturated heterocycles. The average molecular weight is 543 g/mol. The molecule has 204 valence electrons. The van der Waals surface area contributed by atoms with Gasteiger partial charge in [-0.05, 0) is 57.6 Å². The molecule has 8 heteroatoms. The van der Waals surface area contributed by atoms with Crippen LogP contribution >= 0.6 is 23.2 Å². The Hall–Kier alpha value is -1.05. The molecule has 3 atom stereocenters. The number of ether oxygens (including phenoxy) is 1. The second-order valence-corrected chi connectivity index (χ2v) is 11.5.